The third kappa shape index (κ3) is 3.99. The number of hydrogen-bond donors (Lipinski definition) is 0. The van der Waals surface area contributed by atoms with Crippen LogP contribution in [0.1, 0.15) is 35.6 Å². The molecule has 2 heterocycles. The first-order chi connectivity index (χ1) is 14.6. The molecule has 2 aromatic rings. The summed E-state index contributed by atoms with van der Waals surface area (Å²) in [5, 5.41) is 11.2. The normalized spacial score (nSPS) is 18.2. The van der Waals surface area contributed by atoms with Crippen LogP contribution in [0.3, 0.4) is 0 Å². The number of carbonyl (C=O) groups excluding carboxylic acids is 1. The molecule has 0 N–H and O–H groups in total. The maximum Gasteiger partial charge on any atom is 0.270 e. The first-order valence-electron chi connectivity index (χ1n) is 9.71. The molecule has 0 aromatic heterocycles. The molecule has 0 radical (unpaired) electrons. The van der Waals surface area contributed by atoms with Gasteiger partial charge in [-0.15, -0.1) is 0 Å². The fraction of sp³-hybridized carbons (Fsp3) is 0.318. The van der Waals surface area contributed by atoms with Gasteiger partial charge in [0.25, 0.3) is 5.69 Å². The minimum absolute atomic E-state index is 0.00303. The van der Waals surface area contributed by atoms with Gasteiger partial charge in [0.05, 0.1) is 24.7 Å². The smallest absolute Gasteiger partial charge is 0.270 e. The molecule has 1 amide bonds. The highest BCUT2D eigenvalue weighted by molar-refractivity contribution is 5.93. The number of nitro groups is 1. The summed E-state index contributed by atoms with van der Waals surface area (Å²) < 4.78 is 16.0. The molecule has 8 heteroatoms. The molecule has 30 heavy (non-hydrogen) atoms. The van der Waals surface area contributed by atoms with Crippen LogP contribution in [0.2, 0.25) is 0 Å². The van der Waals surface area contributed by atoms with Crippen molar-refractivity contribution in [3.8, 4) is 11.5 Å². The van der Waals surface area contributed by atoms with Crippen molar-refractivity contribution in [2.75, 3.05) is 20.4 Å². The third-order valence-corrected chi connectivity index (χ3v) is 5.38. The van der Waals surface area contributed by atoms with E-state index in [1.165, 1.54) is 18.2 Å². The van der Waals surface area contributed by atoms with Crippen molar-refractivity contribution in [2.24, 2.45) is 0 Å². The number of nitro benzene ring substituents is 1. The lowest BCUT2D eigenvalue weighted by Gasteiger charge is -2.24. The van der Waals surface area contributed by atoms with Crippen LogP contribution in [0, 0.1) is 10.1 Å². The fourth-order valence-electron chi connectivity index (χ4n) is 3.92. The molecular formula is C22H22N2O6. The van der Waals surface area contributed by atoms with Gasteiger partial charge in [0.2, 0.25) is 5.91 Å². The number of likely N-dealkylation sites (tertiary alicyclic amines) is 1. The number of rotatable bonds is 5. The minimum Gasteiger partial charge on any atom is -0.497 e. The van der Waals surface area contributed by atoms with Gasteiger partial charge in [-0.2, -0.15) is 0 Å². The van der Waals surface area contributed by atoms with E-state index in [1.54, 1.807) is 13.2 Å². The number of non-ortho nitro benzene ring substituents is 1. The fourth-order valence-corrected chi connectivity index (χ4v) is 3.92. The Morgan fingerprint density at radius 3 is 2.83 bits per heavy atom. The van der Waals surface area contributed by atoms with Crippen LogP contribution < -0.4 is 9.47 Å². The van der Waals surface area contributed by atoms with Gasteiger partial charge < -0.3 is 19.1 Å². The number of methoxy groups -OCH3 is 1. The van der Waals surface area contributed by atoms with Gasteiger partial charge in [0, 0.05) is 35.9 Å². The summed E-state index contributed by atoms with van der Waals surface area (Å²) >= 11 is 0. The summed E-state index contributed by atoms with van der Waals surface area (Å²) in [6, 6.07) is 10.6. The molecule has 1 atom stereocenters. The lowest BCUT2D eigenvalue weighted by Crippen LogP contribution is -2.28. The van der Waals surface area contributed by atoms with E-state index in [4.69, 9.17) is 14.2 Å². The highest BCUT2D eigenvalue weighted by Crippen LogP contribution is 2.35. The van der Waals surface area contributed by atoms with E-state index in [0.717, 1.165) is 24.2 Å². The molecule has 4 rings (SSSR count). The first kappa shape index (κ1) is 19.9. The van der Waals surface area contributed by atoms with Crippen molar-refractivity contribution in [1.82, 2.24) is 4.90 Å². The predicted octanol–water partition coefficient (Wildman–Crippen LogP) is 3.85. The number of benzene rings is 2. The van der Waals surface area contributed by atoms with Crippen LogP contribution >= 0.6 is 0 Å². The number of nitrogens with zero attached hydrogens (tertiary/aromatic N) is 2. The Bertz CT molecular complexity index is 986. The molecule has 8 nitrogen and oxygen atoms in total. The van der Waals surface area contributed by atoms with Gasteiger partial charge >= 0.3 is 0 Å². The van der Waals surface area contributed by atoms with Crippen LogP contribution in [0.5, 0.6) is 11.5 Å². The molecule has 0 aliphatic carbocycles. The minimum atomic E-state index is -0.464. The average Bonchev–Trinajstić information content (AvgIpc) is 3.27. The Balaban J connectivity index is 1.57. The van der Waals surface area contributed by atoms with Gasteiger partial charge in [0.15, 0.2) is 6.79 Å². The van der Waals surface area contributed by atoms with Crippen LogP contribution in [0.25, 0.3) is 6.08 Å². The summed E-state index contributed by atoms with van der Waals surface area (Å²) in [6.07, 6.45) is 4.85. The Kier molecular flexibility index (Phi) is 5.67. The number of amides is 1. The van der Waals surface area contributed by atoms with E-state index in [-0.39, 0.29) is 31.0 Å². The van der Waals surface area contributed by atoms with Crippen LogP contribution in [-0.2, 0) is 16.1 Å². The molecule has 1 saturated heterocycles. The highest BCUT2D eigenvalue weighted by atomic mass is 16.7. The van der Waals surface area contributed by atoms with E-state index in [1.807, 2.05) is 29.2 Å². The summed E-state index contributed by atoms with van der Waals surface area (Å²) in [5.41, 5.74) is 2.09. The van der Waals surface area contributed by atoms with Crippen molar-refractivity contribution in [1.29, 1.82) is 0 Å². The molecule has 1 fully saturated rings. The van der Waals surface area contributed by atoms with Crippen LogP contribution in [0.4, 0.5) is 5.69 Å². The summed E-state index contributed by atoms with van der Waals surface area (Å²) in [5.74, 6) is 1.15. The molecule has 0 saturated carbocycles. The average molecular weight is 410 g/mol. The number of fused-ring (bicyclic) bond motifs is 1. The molecule has 0 unspecified atom stereocenters. The number of carbonyl (C=O) groups is 1. The Labute approximate surface area is 173 Å². The zero-order chi connectivity index (χ0) is 21.1. The van der Waals surface area contributed by atoms with Crippen molar-refractivity contribution in [3.63, 3.8) is 0 Å². The molecule has 2 aliphatic rings. The Hall–Kier alpha value is -3.39. The topological polar surface area (TPSA) is 91.1 Å². The summed E-state index contributed by atoms with van der Waals surface area (Å²) in [4.78, 5) is 25.5. The molecule has 0 spiro atoms. The van der Waals surface area contributed by atoms with Gasteiger partial charge in [0.1, 0.15) is 11.5 Å². The first-order valence-corrected chi connectivity index (χ1v) is 9.71. The monoisotopic (exact) mass is 410 g/mol. The second kappa shape index (κ2) is 8.54. The van der Waals surface area contributed by atoms with E-state index in [9.17, 15) is 14.9 Å². The predicted molar refractivity (Wildman–Crippen MR) is 109 cm³/mol. The molecule has 0 bridgehead atoms. The second-order valence-corrected chi connectivity index (χ2v) is 7.19. The highest BCUT2D eigenvalue weighted by Gasteiger charge is 2.29. The SMILES string of the molecule is COc1ccc([C@@H]2CCCN2C(=O)/C=C/c2cc([N+](=O)[O-])cc3c2OCOC3)cc1. The maximum atomic E-state index is 12.9. The zero-order valence-corrected chi connectivity index (χ0v) is 16.6. The quantitative estimate of drug-likeness (QED) is 0.422. The zero-order valence-electron chi connectivity index (χ0n) is 16.6. The maximum absolute atomic E-state index is 12.9. The number of hydrogen-bond acceptors (Lipinski definition) is 6. The standard InChI is InChI=1S/C22H22N2O6/c1-28-19-7-4-15(5-8-19)20-3-2-10-23(20)21(25)9-6-16-11-18(24(26)27)12-17-13-29-14-30-22(16)17/h4-9,11-12,20H,2-3,10,13-14H2,1H3/b9-6+/t20-/m0/s1. The van der Waals surface area contributed by atoms with Gasteiger partial charge in [-0.3, -0.25) is 14.9 Å². The number of ether oxygens (including phenoxy) is 3. The lowest BCUT2D eigenvalue weighted by molar-refractivity contribution is -0.385. The third-order valence-electron chi connectivity index (χ3n) is 5.38. The van der Waals surface area contributed by atoms with Crippen LogP contribution in [0.15, 0.2) is 42.5 Å². The molecule has 2 aliphatic heterocycles. The van der Waals surface area contributed by atoms with Gasteiger partial charge in [-0.1, -0.05) is 12.1 Å². The van der Waals surface area contributed by atoms with Crippen molar-refractivity contribution in [3.05, 3.63) is 69.3 Å². The van der Waals surface area contributed by atoms with Gasteiger partial charge in [-0.25, -0.2) is 0 Å². The Morgan fingerprint density at radius 2 is 2.10 bits per heavy atom. The lowest BCUT2D eigenvalue weighted by atomic mass is 10.0. The van der Waals surface area contributed by atoms with Gasteiger partial charge in [-0.05, 0) is 36.6 Å². The molecule has 2 aromatic carbocycles. The van der Waals surface area contributed by atoms with Crippen molar-refractivity contribution >= 4 is 17.7 Å². The van der Waals surface area contributed by atoms with Crippen molar-refractivity contribution < 1.29 is 23.9 Å². The van der Waals surface area contributed by atoms with Crippen LogP contribution in [-0.4, -0.2) is 36.2 Å². The Morgan fingerprint density at radius 1 is 1.30 bits per heavy atom. The largest absolute Gasteiger partial charge is 0.497 e. The van der Waals surface area contributed by atoms with E-state index < -0.39 is 4.92 Å². The van der Waals surface area contributed by atoms with Crippen molar-refractivity contribution in [2.45, 2.75) is 25.5 Å². The second-order valence-electron chi connectivity index (χ2n) is 7.19. The summed E-state index contributed by atoms with van der Waals surface area (Å²) in [6.45, 7) is 0.972. The van der Waals surface area contributed by atoms with E-state index >= 15 is 0 Å². The molecular weight excluding hydrogens is 388 g/mol. The van der Waals surface area contributed by atoms with E-state index in [2.05, 4.69) is 0 Å². The summed E-state index contributed by atoms with van der Waals surface area (Å²) in [7, 11) is 1.62. The van der Waals surface area contributed by atoms with E-state index in [0.29, 0.717) is 23.4 Å². The molecule has 156 valence electrons.